The van der Waals surface area contributed by atoms with Crippen LogP contribution in [-0.4, -0.2) is 35.2 Å². The van der Waals surface area contributed by atoms with Gasteiger partial charge in [-0.25, -0.2) is 0 Å². The molecule has 0 atom stereocenters. The molecule has 0 bridgehead atoms. The lowest BCUT2D eigenvalue weighted by Crippen LogP contribution is -2.17. The minimum Gasteiger partial charge on any atom is -0.503 e. The first kappa shape index (κ1) is 12.8. The van der Waals surface area contributed by atoms with E-state index in [-0.39, 0.29) is 11.2 Å². The summed E-state index contributed by atoms with van der Waals surface area (Å²) in [5, 5.41) is 9.64. The van der Waals surface area contributed by atoms with Gasteiger partial charge < -0.3 is 14.6 Å². The quantitative estimate of drug-likeness (QED) is 0.813. The molecule has 0 aliphatic rings. The Labute approximate surface area is 96.1 Å². The first-order chi connectivity index (χ1) is 7.56. The molecule has 0 aliphatic heterocycles. The predicted octanol–water partition coefficient (Wildman–Crippen LogP) is 1.07. The highest BCUT2D eigenvalue weighted by Gasteiger charge is 2.07. The lowest BCUT2D eigenvalue weighted by Gasteiger charge is -2.15. The van der Waals surface area contributed by atoms with Crippen LogP contribution in [0.15, 0.2) is 17.1 Å². The van der Waals surface area contributed by atoms with Gasteiger partial charge in [0.05, 0.1) is 5.69 Å². The topological polar surface area (TPSA) is 45.5 Å². The summed E-state index contributed by atoms with van der Waals surface area (Å²) in [4.78, 5) is 13.4. The summed E-state index contributed by atoms with van der Waals surface area (Å²) in [6.07, 6.45) is 3.43. The number of rotatable bonds is 5. The van der Waals surface area contributed by atoms with Crippen LogP contribution < -0.4 is 5.43 Å². The molecule has 0 aliphatic carbocycles. The maximum absolute atomic E-state index is 11.3. The Morgan fingerprint density at radius 3 is 2.69 bits per heavy atom. The number of nitrogens with zero attached hydrogens (tertiary/aromatic N) is 2. The molecule has 16 heavy (non-hydrogen) atoms. The zero-order valence-corrected chi connectivity index (χ0v) is 10.2. The molecule has 1 rings (SSSR count). The highest BCUT2D eigenvalue weighted by Crippen LogP contribution is 2.12. The summed E-state index contributed by atoms with van der Waals surface area (Å²) < 4.78 is 1.96. The van der Waals surface area contributed by atoms with E-state index in [9.17, 15) is 9.90 Å². The number of pyridine rings is 1. The Hall–Kier alpha value is -1.29. The summed E-state index contributed by atoms with van der Waals surface area (Å²) in [6.45, 7) is 3.77. The van der Waals surface area contributed by atoms with E-state index < -0.39 is 0 Å². The molecule has 4 nitrogen and oxygen atoms in total. The van der Waals surface area contributed by atoms with E-state index in [1.165, 1.54) is 6.07 Å². The van der Waals surface area contributed by atoms with Crippen molar-refractivity contribution >= 4 is 0 Å². The van der Waals surface area contributed by atoms with Crippen molar-refractivity contribution < 1.29 is 5.11 Å². The third-order valence-corrected chi connectivity index (χ3v) is 2.60. The molecule has 1 N–H and O–H groups in total. The molecule has 0 radical (unpaired) electrons. The maximum Gasteiger partial charge on any atom is 0.223 e. The summed E-state index contributed by atoms with van der Waals surface area (Å²) in [5.41, 5.74) is 0.437. The van der Waals surface area contributed by atoms with Gasteiger partial charge in [0.25, 0.3) is 0 Å². The van der Waals surface area contributed by atoms with Crippen molar-refractivity contribution in [3.05, 3.63) is 28.2 Å². The van der Waals surface area contributed by atoms with Gasteiger partial charge in [-0.15, -0.1) is 0 Å². The van der Waals surface area contributed by atoms with E-state index in [1.54, 1.807) is 6.20 Å². The lowest BCUT2D eigenvalue weighted by molar-refractivity contribution is 0.381. The minimum atomic E-state index is -0.291. The summed E-state index contributed by atoms with van der Waals surface area (Å²) >= 11 is 0. The van der Waals surface area contributed by atoms with Crippen LogP contribution >= 0.6 is 0 Å². The second-order valence-corrected chi connectivity index (χ2v) is 4.18. The van der Waals surface area contributed by atoms with Gasteiger partial charge in [-0.3, -0.25) is 4.79 Å². The fraction of sp³-hybridized carbons (Fsp3) is 0.583. The van der Waals surface area contributed by atoms with Crippen LogP contribution in [0.4, 0.5) is 0 Å². The molecule has 0 saturated heterocycles. The SMILES string of the molecule is CCc1c(O)c(=O)ccn1CCCN(C)C. The van der Waals surface area contributed by atoms with Crippen molar-refractivity contribution in [1.29, 1.82) is 0 Å². The van der Waals surface area contributed by atoms with Crippen LogP contribution in [0.25, 0.3) is 0 Å². The van der Waals surface area contributed by atoms with Crippen molar-refractivity contribution in [1.82, 2.24) is 9.47 Å². The third-order valence-electron chi connectivity index (χ3n) is 2.60. The van der Waals surface area contributed by atoms with Crippen LogP contribution in [0.2, 0.25) is 0 Å². The average Bonchev–Trinajstić information content (AvgIpc) is 2.23. The van der Waals surface area contributed by atoms with E-state index in [0.29, 0.717) is 6.42 Å². The Balaban J connectivity index is 2.80. The van der Waals surface area contributed by atoms with Crippen molar-refractivity contribution in [2.75, 3.05) is 20.6 Å². The van der Waals surface area contributed by atoms with Crippen LogP contribution in [-0.2, 0) is 13.0 Å². The normalized spacial score (nSPS) is 11.0. The van der Waals surface area contributed by atoms with E-state index >= 15 is 0 Å². The average molecular weight is 224 g/mol. The smallest absolute Gasteiger partial charge is 0.223 e. The molecule has 90 valence electrons. The van der Waals surface area contributed by atoms with Gasteiger partial charge in [0, 0.05) is 18.8 Å². The number of hydrogen-bond donors (Lipinski definition) is 1. The molecule has 0 saturated carbocycles. The van der Waals surface area contributed by atoms with Gasteiger partial charge in [0.1, 0.15) is 0 Å². The molecule has 0 aromatic carbocycles. The molecular weight excluding hydrogens is 204 g/mol. The lowest BCUT2D eigenvalue weighted by atomic mass is 10.2. The first-order valence-electron chi connectivity index (χ1n) is 5.62. The van der Waals surface area contributed by atoms with Gasteiger partial charge in [-0.1, -0.05) is 6.92 Å². The fourth-order valence-corrected chi connectivity index (χ4v) is 1.74. The summed E-state index contributed by atoms with van der Waals surface area (Å²) in [6, 6.07) is 1.42. The van der Waals surface area contributed by atoms with E-state index in [2.05, 4.69) is 4.90 Å². The second kappa shape index (κ2) is 5.70. The van der Waals surface area contributed by atoms with Crippen molar-refractivity contribution in [3.8, 4) is 5.75 Å². The van der Waals surface area contributed by atoms with Crippen LogP contribution in [0, 0.1) is 0 Å². The molecular formula is C12H20N2O2. The highest BCUT2D eigenvalue weighted by molar-refractivity contribution is 5.26. The summed E-state index contributed by atoms with van der Waals surface area (Å²) in [5.74, 6) is -0.102. The molecule has 0 spiro atoms. The van der Waals surface area contributed by atoms with Gasteiger partial charge >= 0.3 is 0 Å². The maximum atomic E-state index is 11.3. The van der Waals surface area contributed by atoms with Crippen molar-refractivity contribution in [2.24, 2.45) is 0 Å². The monoisotopic (exact) mass is 224 g/mol. The number of aryl methyl sites for hydroxylation is 1. The van der Waals surface area contributed by atoms with Crippen molar-refractivity contribution in [3.63, 3.8) is 0 Å². The van der Waals surface area contributed by atoms with Crippen LogP contribution in [0.1, 0.15) is 19.0 Å². The predicted molar refractivity (Wildman–Crippen MR) is 64.9 cm³/mol. The second-order valence-electron chi connectivity index (χ2n) is 4.18. The van der Waals surface area contributed by atoms with Gasteiger partial charge in [-0.05, 0) is 33.5 Å². The number of aromatic hydroxyl groups is 1. The Morgan fingerprint density at radius 1 is 1.44 bits per heavy atom. The van der Waals surface area contributed by atoms with Gasteiger partial charge in [0.2, 0.25) is 5.43 Å². The number of aromatic nitrogens is 1. The van der Waals surface area contributed by atoms with E-state index in [0.717, 1.165) is 25.2 Å². The highest BCUT2D eigenvalue weighted by atomic mass is 16.3. The molecule has 4 heteroatoms. The largest absolute Gasteiger partial charge is 0.503 e. The molecule has 0 amide bonds. The zero-order valence-electron chi connectivity index (χ0n) is 10.2. The van der Waals surface area contributed by atoms with Gasteiger partial charge in [-0.2, -0.15) is 0 Å². The molecule has 1 aromatic rings. The minimum absolute atomic E-state index is 0.102. The van der Waals surface area contributed by atoms with Crippen molar-refractivity contribution in [2.45, 2.75) is 26.3 Å². The van der Waals surface area contributed by atoms with Gasteiger partial charge in [0.15, 0.2) is 5.75 Å². The summed E-state index contributed by atoms with van der Waals surface area (Å²) in [7, 11) is 4.06. The fourth-order valence-electron chi connectivity index (χ4n) is 1.74. The molecule has 1 heterocycles. The Kier molecular flexibility index (Phi) is 4.55. The molecule has 1 aromatic heterocycles. The van der Waals surface area contributed by atoms with E-state index in [1.807, 2.05) is 25.6 Å². The molecule has 0 unspecified atom stereocenters. The van der Waals surface area contributed by atoms with E-state index in [4.69, 9.17) is 0 Å². The first-order valence-corrected chi connectivity index (χ1v) is 5.62. The van der Waals surface area contributed by atoms with Crippen LogP contribution in [0.3, 0.4) is 0 Å². The third kappa shape index (κ3) is 3.10. The zero-order chi connectivity index (χ0) is 12.1. The van der Waals surface area contributed by atoms with Crippen LogP contribution in [0.5, 0.6) is 5.75 Å². The number of hydrogen-bond acceptors (Lipinski definition) is 3. The molecule has 0 fully saturated rings. The Bertz CT molecular complexity index is 396. The Morgan fingerprint density at radius 2 is 2.12 bits per heavy atom. The standard InChI is InChI=1S/C12H20N2O2/c1-4-10-12(16)11(15)6-9-14(10)8-5-7-13(2)3/h6,9,16H,4-5,7-8H2,1-3H3.